The van der Waals surface area contributed by atoms with Crippen LogP contribution in [-0.4, -0.2) is 72.7 Å². The number of phenolic OH excluding ortho intramolecular Hbond substituents is 2. The predicted molar refractivity (Wildman–Crippen MR) is 189 cm³/mol. The van der Waals surface area contributed by atoms with E-state index >= 15 is 0 Å². The van der Waals surface area contributed by atoms with Gasteiger partial charge in [0.1, 0.15) is 28.7 Å². The van der Waals surface area contributed by atoms with Crippen LogP contribution < -0.4 is 24.8 Å². The molecule has 3 aromatic rings. The summed E-state index contributed by atoms with van der Waals surface area (Å²) >= 11 is 0. The van der Waals surface area contributed by atoms with Crippen molar-refractivity contribution in [3.8, 4) is 28.7 Å². The Morgan fingerprint density at radius 3 is 2.39 bits per heavy atom. The Morgan fingerprint density at radius 2 is 1.73 bits per heavy atom. The van der Waals surface area contributed by atoms with Gasteiger partial charge in [0.15, 0.2) is 11.5 Å². The van der Waals surface area contributed by atoms with Crippen LogP contribution in [0, 0.1) is 0 Å². The molecule has 0 bridgehead atoms. The van der Waals surface area contributed by atoms with E-state index in [-0.39, 0.29) is 70.8 Å². The first-order valence-corrected chi connectivity index (χ1v) is 16.8. The molecule has 1 aliphatic heterocycles. The lowest BCUT2D eigenvalue weighted by atomic mass is 9.84. The number of ketones is 1. The van der Waals surface area contributed by atoms with Crippen LogP contribution in [0.25, 0.3) is 6.08 Å². The number of fused-ring (bicyclic) bond motifs is 1. The van der Waals surface area contributed by atoms with Crippen molar-refractivity contribution in [2.75, 3.05) is 33.2 Å². The second-order valence-corrected chi connectivity index (χ2v) is 12.1. The summed E-state index contributed by atoms with van der Waals surface area (Å²) < 4.78 is 22.3. The summed E-state index contributed by atoms with van der Waals surface area (Å²) in [5.74, 6) is -2.36. The van der Waals surface area contributed by atoms with E-state index in [1.54, 1.807) is 55.6 Å². The fraction of sp³-hybridized carbons (Fsp3) is 0.395. The van der Waals surface area contributed by atoms with Crippen LogP contribution in [-0.2, 0) is 19.1 Å². The summed E-state index contributed by atoms with van der Waals surface area (Å²) in [4.78, 5) is 55.9. The highest BCUT2D eigenvalue weighted by atomic mass is 16.5. The zero-order valence-electron chi connectivity index (χ0n) is 29.3. The molecule has 1 aliphatic rings. The number of carbonyl (C=O) groups excluding carboxylic acids is 4. The highest BCUT2D eigenvalue weighted by Crippen LogP contribution is 2.47. The standard InChI is InChI=1S/C38H45N3O10/c1-23-11-10-14-26(42)13-7-5-6-12-24-19-28(43)35(36(46)34(24)38(47)51-23)27(25-20-29(48-2)37(50-4)30(21-25)49-3)22-33(45)40-18-16-32(44)41-31-15-8-9-17-39-31/h6,8-9,12,15,17,19-21,23,27,43,46H,5,7,10-11,13-14,16,18,22H2,1-4H3,(H,40,45)(H,39,41,44). The molecular weight excluding hydrogens is 658 g/mol. The van der Waals surface area contributed by atoms with Crippen LogP contribution in [0.15, 0.2) is 48.7 Å². The number of amides is 2. The first-order valence-electron chi connectivity index (χ1n) is 16.8. The van der Waals surface area contributed by atoms with Crippen molar-refractivity contribution in [2.45, 2.75) is 70.3 Å². The monoisotopic (exact) mass is 703 g/mol. The Balaban J connectivity index is 1.74. The number of nitrogens with one attached hydrogen (secondary N) is 2. The summed E-state index contributed by atoms with van der Waals surface area (Å²) in [7, 11) is 4.30. The molecule has 1 aromatic heterocycles. The molecule has 0 radical (unpaired) electrons. The number of cyclic esters (lactones) is 1. The van der Waals surface area contributed by atoms with Gasteiger partial charge in [0.25, 0.3) is 0 Å². The minimum atomic E-state index is -1.06. The van der Waals surface area contributed by atoms with E-state index < -0.39 is 29.6 Å². The van der Waals surface area contributed by atoms with E-state index in [0.717, 1.165) is 0 Å². The molecule has 0 spiro atoms. The molecule has 2 atom stereocenters. The molecule has 13 heteroatoms. The Kier molecular flexibility index (Phi) is 13.8. The number of ether oxygens (including phenoxy) is 4. The number of hydrogen-bond acceptors (Lipinski definition) is 11. The number of allylic oxidation sites excluding steroid dienone is 1. The van der Waals surface area contributed by atoms with E-state index in [2.05, 4.69) is 15.6 Å². The van der Waals surface area contributed by atoms with Crippen LogP contribution >= 0.6 is 0 Å². The van der Waals surface area contributed by atoms with Gasteiger partial charge >= 0.3 is 5.97 Å². The summed E-state index contributed by atoms with van der Waals surface area (Å²) in [6.45, 7) is 1.70. The zero-order valence-corrected chi connectivity index (χ0v) is 29.3. The number of methoxy groups -OCH3 is 3. The van der Waals surface area contributed by atoms with Gasteiger partial charge in [-0.15, -0.1) is 0 Å². The molecule has 0 saturated heterocycles. The second kappa shape index (κ2) is 18.4. The van der Waals surface area contributed by atoms with Crippen molar-refractivity contribution in [1.29, 1.82) is 0 Å². The Morgan fingerprint density at radius 1 is 1.00 bits per heavy atom. The van der Waals surface area contributed by atoms with Gasteiger partial charge in [-0.1, -0.05) is 18.2 Å². The number of carbonyl (C=O) groups is 4. The van der Waals surface area contributed by atoms with E-state index in [0.29, 0.717) is 49.9 Å². The third-order valence-corrected chi connectivity index (χ3v) is 8.49. The van der Waals surface area contributed by atoms with Crippen molar-refractivity contribution >= 4 is 35.5 Å². The van der Waals surface area contributed by atoms with Crippen LogP contribution in [0.4, 0.5) is 5.82 Å². The van der Waals surface area contributed by atoms with Crippen molar-refractivity contribution in [1.82, 2.24) is 10.3 Å². The van der Waals surface area contributed by atoms with E-state index in [1.165, 1.54) is 27.4 Å². The molecule has 2 unspecified atom stereocenters. The van der Waals surface area contributed by atoms with Gasteiger partial charge in [-0.25, -0.2) is 9.78 Å². The quantitative estimate of drug-likeness (QED) is 0.181. The number of Topliss-reactive ketones (excluding diaryl/α,β-unsaturated/α-hetero) is 1. The largest absolute Gasteiger partial charge is 0.507 e. The smallest absolute Gasteiger partial charge is 0.342 e. The number of hydrogen-bond donors (Lipinski definition) is 4. The Bertz CT molecular complexity index is 1720. The van der Waals surface area contributed by atoms with Gasteiger partial charge < -0.3 is 39.8 Å². The molecule has 51 heavy (non-hydrogen) atoms. The van der Waals surface area contributed by atoms with Gasteiger partial charge in [0, 0.05) is 49.9 Å². The van der Waals surface area contributed by atoms with Gasteiger partial charge in [-0.05, 0) is 74.1 Å². The molecule has 0 fully saturated rings. The molecule has 4 rings (SSSR count). The minimum absolute atomic E-state index is 0.0117. The molecule has 0 aliphatic carbocycles. The summed E-state index contributed by atoms with van der Waals surface area (Å²) in [6.07, 6.45) is 6.93. The molecule has 2 heterocycles. The summed E-state index contributed by atoms with van der Waals surface area (Å²) in [5, 5.41) is 28.8. The molecule has 2 amide bonds. The maximum Gasteiger partial charge on any atom is 0.342 e. The lowest BCUT2D eigenvalue weighted by molar-refractivity contribution is -0.121. The number of pyridine rings is 1. The predicted octanol–water partition coefficient (Wildman–Crippen LogP) is 5.67. The Labute approximate surface area is 297 Å². The highest BCUT2D eigenvalue weighted by Gasteiger charge is 2.32. The van der Waals surface area contributed by atoms with Crippen molar-refractivity contribution in [3.05, 3.63) is 70.9 Å². The number of aromatic nitrogens is 1. The number of nitrogens with zero attached hydrogens (tertiary/aromatic N) is 1. The number of aromatic hydroxyl groups is 2. The number of esters is 1. The zero-order chi connectivity index (χ0) is 36.9. The minimum Gasteiger partial charge on any atom is -0.507 e. The third kappa shape index (κ3) is 10.2. The van der Waals surface area contributed by atoms with Gasteiger partial charge in [0.05, 0.1) is 27.4 Å². The van der Waals surface area contributed by atoms with Crippen molar-refractivity contribution in [2.24, 2.45) is 0 Å². The first-order chi connectivity index (χ1) is 24.6. The average Bonchev–Trinajstić information content (AvgIpc) is 3.10. The van der Waals surface area contributed by atoms with Crippen LogP contribution in [0.2, 0.25) is 0 Å². The number of phenols is 2. The maximum absolute atomic E-state index is 13.7. The van der Waals surface area contributed by atoms with Gasteiger partial charge in [-0.3, -0.25) is 14.4 Å². The van der Waals surface area contributed by atoms with E-state index in [9.17, 15) is 29.4 Å². The lowest BCUT2D eigenvalue weighted by Crippen LogP contribution is -2.29. The van der Waals surface area contributed by atoms with Crippen molar-refractivity contribution in [3.63, 3.8) is 0 Å². The molecule has 4 N–H and O–H groups in total. The fourth-order valence-electron chi connectivity index (χ4n) is 5.92. The van der Waals surface area contributed by atoms with E-state index in [1.807, 2.05) is 0 Å². The van der Waals surface area contributed by atoms with Crippen molar-refractivity contribution < 1.29 is 48.3 Å². The molecule has 272 valence electrons. The second-order valence-electron chi connectivity index (χ2n) is 12.1. The number of anilines is 1. The Hall–Kier alpha value is -5.59. The normalized spacial score (nSPS) is 15.8. The molecule has 2 aromatic carbocycles. The van der Waals surface area contributed by atoms with Gasteiger partial charge in [-0.2, -0.15) is 0 Å². The van der Waals surface area contributed by atoms with Crippen LogP contribution in [0.3, 0.4) is 0 Å². The summed E-state index contributed by atoms with van der Waals surface area (Å²) in [6, 6.07) is 9.62. The number of benzene rings is 2. The highest BCUT2D eigenvalue weighted by molar-refractivity contribution is 5.98. The van der Waals surface area contributed by atoms with E-state index in [4.69, 9.17) is 18.9 Å². The molecule has 0 saturated carbocycles. The average molecular weight is 704 g/mol. The lowest BCUT2D eigenvalue weighted by Gasteiger charge is -2.24. The van der Waals surface area contributed by atoms with Crippen LogP contribution in [0.5, 0.6) is 28.7 Å². The van der Waals surface area contributed by atoms with Gasteiger partial charge in [0.2, 0.25) is 17.6 Å². The summed E-state index contributed by atoms with van der Waals surface area (Å²) in [5.41, 5.74) is 0.321. The maximum atomic E-state index is 13.7. The SMILES string of the molecule is COc1cc(C(CC(=O)NCCC(=O)Nc2ccccn2)c2c(O)cc3c(c2O)C(=O)OC(C)CCCC(=O)CCCC=C3)cc(OC)c1OC. The topological polar surface area (TPSA) is 183 Å². The fourth-order valence-corrected chi connectivity index (χ4v) is 5.92. The molecule has 13 nitrogen and oxygen atoms in total. The van der Waals surface area contributed by atoms with Crippen LogP contribution in [0.1, 0.15) is 91.3 Å². The number of rotatable bonds is 11. The first kappa shape index (κ1) is 38.2. The molecular formula is C38H45N3O10. The third-order valence-electron chi connectivity index (χ3n) is 8.49.